The fourth-order valence-electron chi connectivity index (χ4n) is 8.99. The Morgan fingerprint density at radius 1 is 0.238 bits per heavy atom. The molecule has 1 heterocycles. The molecule has 0 spiro atoms. The first kappa shape index (κ1) is 37.6. The van der Waals surface area contributed by atoms with Crippen molar-refractivity contribution in [2.45, 2.75) is 0 Å². The van der Waals surface area contributed by atoms with Gasteiger partial charge in [-0.2, -0.15) is 0 Å². The highest BCUT2D eigenvalue weighted by atomic mass is 15.1. The molecule has 0 bridgehead atoms. The zero-order chi connectivity index (χ0) is 42.0. The SMILES string of the molecule is c1ccc(-c2ccc(N(c3ccc(-c4ccccc4)cc3)c3ccc(-c4cccc5c4c4ccccc4n5-c4ccc(N(c5ccccc5)c5ccccc5)cc4)cc3)cc2)cc1. The molecule has 3 heteroatoms. The lowest BCUT2D eigenvalue weighted by Gasteiger charge is -2.26. The van der Waals surface area contributed by atoms with E-state index in [1.807, 2.05) is 0 Å². The van der Waals surface area contributed by atoms with E-state index in [-0.39, 0.29) is 0 Å². The van der Waals surface area contributed by atoms with Crippen LogP contribution in [0.5, 0.6) is 0 Å². The Kier molecular flexibility index (Phi) is 9.89. The molecular weight excluding hydrogens is 763 g/mol. The second-order valence-electron chi connectivity index (χ2n) is 15.8. The monoisotopic (exact) mass is 805 g/mol. The summed E-state index contributed by atoms with van der Waals surface area (Å²) in [6.45, 7) is 0. The molecule has 1 aromatic heterocycles. The lowest BCUT2D eigenvalue weighted by atomic mass is 9.99. The van der Waals surface area contributed by atoms with Gasteiger partial charge in [0, 0.05) is 50.6 Å². The van der Waals surface area contributed by atoms with Gasteiger partial charge in [-0.1, -0.05) is 164 Å². The van der Waals surface area contributed by atoms with Crippen LogP contribution in [-0.4, -0.2) is 4.57 Å². The van der Waals surface area contributed by atoms with E-state index >= 15 is 0 Å². The van der Waals surface area contributed by atoms with Crippen molar-refractivity contribution in [3.63, 3.8) is 0 Å². The van der Waals surface area contributed by atoms with E-state index in [0.717, 1.165) is 39.8 Å². The third-order valence-corrected chi connectivity index (χ3v) is 12.0. The zero-order valence-electron chi connectivity index (χ0n) is 34.7. The maximum absolute atomic E-state index is 2.40. The van der Waals surface area contributed by atoms with Crippen molar-refractivity contribution in [2.24, 2.45) is 0 Å². The molecule has 0 saturated carbocycles. The molecule has 0 fully saturated rings. The standard InChI is InChI=1S/C60H43N3/c1-5-16-44(17-6-1)46-28-34-51(35-29-46)62(52-36-30-47(31-37-52)45-18-7-2-8-19-45)53-38-32-48(33-39-53)56-25-15-27-59-60(56)57-24-13-14-26-58(57)63(59)55-42-40-54(41-43-55)61(49-20-9-3-10-21-49)50-22-11-4-12-23-50/h1-43H. The van der Waals surface area contributed by atoms with E-state index in [2.05, 4.69) is 275 Å². The second-order valence-corrected chi connectivity index (χ2v) is 15.8. The van der Waals surface area contributed by atoms with Crippen molar-refractivity contribution in [3.8, 4) is 39.1 Å². The molecule has 10 aromatic carbocycles. The molecule has 0 N–H and O–H groups in total. The first-order valence-electron chi connectivity index (χ1n) is 21.5. The highest BCUT2D eigenvalue weighted by Gasteiger charge is 2.19. The Hall–Kier alpha value is -8.40. The van der Waals surface area contributed by atoms with Crippen LogP contribution in [0.25, 0.3) is 60.9 Å². The van der Waals surface area contributed by atoms with Gasteiger partial charge in [0.1, 0.15) is 0 Å². The second kappa shape index (κ2) is 16.6. The summed E-state index contributed by atoms with van der Waals surface area (Å²) in [5.74, 6) is 0. The van der Waals surface area contributed by atoms with E-state index in [9.17, 15) is 0 Å². The van der Waals surface area contributed by atoms with Gasteiger partial charge in [-0.05, 0) is 130 Å². The average molecular weight is 806 g/mol. The molecule has 0 aliphatic carbocycles. The summed E-state index contributed by atoms with van der Waals surface area (Å²) < 4.78 is 2.40. The highest BCUT2D eigenvalue weighted by Crippen LogP contribution is 2.42. The van der Waals surface area contributed by atoms with Gasteiger partial charge in [-0.15, -0.1) is 0 Å². The van der Waals surface area contributed by atoms with Crippen LogP contribution in [0.15, 0.2) is 261 Å². The summed E-state index contributed by atoms with van der Waals surface area (Å²) in [6.07, 6.45) is 0. The first-order chi connectivity index (χ1) is 31.3. The Morgan fingerprint density at radius 3 is 1.06 bits per heavy atom. The van der Waals surface area contributed by atoms with E-state index in [4.69, 9.17) is 0 Å². The van der Waals surface area contributed by atoms with Crippen molar-refractivity contribution in [3.05, 3.63) is 261 Å². The molecule has 0 aliphatic rings. The Bertz CT molecular complexity index is 3150. The zero-order valence-corrected chi connectivity index (χ0v) is 34.7. The van der Waals surface area contributed by atoms with Crippen molar-refractivity contribution in [2.75, 3.05) is 9.80 Å². The van der Waals surface area contributed by atoms with Gasteiger partial charge in [-0.25, -0.2) is 0 Å². The Balaban J connectivity index is 0.974. The predicted molar refractivity (Wildman–Crippen MR) is 266 cm³/mol. The smallest absolute Gasteiger partial charge is 0.0547 e. The normalized spacial score (nSPS) is 11.2. The van der Waals surface area contributed by atoms with Gasteiger partial charge in [0.25, 0.3) is 0 Å². The molecule has 298 valence electrons. The van der Waals surface area contributed by atoms with Gasteiger partial charge in [0.15, 0.2) is 0 Å². The maximum Gasteiger partial charge on any atom is 0.0547 e. The van der Waals surface area contributed by atoms with Crippen LogP contribution >= 0.6 is 0 Å². The molecule has 0 saturated heterocycles. The van der Waals surface area contributed by atoms with Crippen LogP contribution in [0.3, 0.4) is 0 Å². The number of nitrogens with zero attached hydrogens (tertiary/aromatic N) is 3. The highest BCUT2D eigenvalue weighted by molar-refractivity contribution is 6.15. The van der Waals surface area contributed by atoms with Gasteiger partial charge < -0.3 is 14.4 Å². The molecule has 0 radical (unpaired) electrons. The third kappa shape index (κ3) is 7.22. The van der Waals surface area contributed by atoms with E-state index in [0.29, 0.717) is 0 Å². The van der Waals surface area contributed by atoms with Gasteiger partial charge in [-0.3, -0.25) is 0 Å². The number of hydrogen-bond acceptors (Lipinski definition) is 2. The molecule has 0 unspecified atom stereocenters. The number of rotatable bonds is 10. The predicted octanol–water partition coefficient (Wildman–Crippen LogP) is 16.7. The van der Waals surface area contributed by atoms with E-state index < -0.39 is 0 Å². The summed E-state index contributed by atoms with van der Waals surface area (Å²) in [7, 11) is 0. The fraction of sp³-hybridized carbons (Fsp3) is 0. The van der Waals surface area contributed by atoms with Crippen LogP contribution < -0.4 is 9.80 Å². The summed E-state index contributed by atoms with van der Waals surface area (Å²) in [6, 6.07) is 93.5. The Labute approximate surface area is 368 Å². The van der Waals surface area contributed by atoms with E-state index in [1.54, 1.807) is 0 Å². The van der Waals surface area contributed by atoms with Crippen LogP contribution in [0.1, 0.15) is 0 Å². The van der Waals surface area contributed by atoms with Crippen LogP contribution in [0, 0.1) is 0 Å². The molecule has 0 aliphatic heterocycles. The summed E-state index contributed by atoms with van der Waals surface area (Å²) in [5.41, 5.74) is 17.3. The number of hydrogen-bond donors (Lipinski definition) is 0. The number of aromatic nitrogens is 1. The van der Waals surface area contributed by atoms with Gasteiger partial charge in [0.2, 0.25) is 0 Å². The number of benzene rings is 10. The summed E-state index contributed by atoms with van der Waals surface area (Å²) in [5, 5.41) is 2.47. The number of para-hydroxylation sites is 3. The Morgan fingerprint density at radius 2 is 0.587 bits per heavy atom. The van der Waals surface area contributed by atoms with Gasteiger partial charge in [0.05, 0.1) is 11.0 Å². The number of fused-ring (bicyclic) bond motifs is 3. The van der Waals surface area contributed by atoms with Crippen molar-refractivity contribution in [1.82, 2.24) is 4.57 Å². The third-order valence-electron chi connectivity index (χ3n) is 12.0. The van der Waals surface area contributed by atoms with Crippen LogP contribution in [-0.2, 0) is 0 Å². The van der Waals surface area contributed by atoms with Crippen molar-refractivity contribution in [1.29, 1.82) is 0 Å². The van der Waals surface area contributed by atoms with Crippen molar-refractivity contribution >= 4 is 55.9 Å². The average Bonchev–Trinajstić information content (AvgIpc) is 3.71. The molecule has 11 aromatic rings. The quantitative estimate of drug-likeness (QED) is 0.136. The molecular formula is C60H43N3. The fourth-order valence-corrected chi connectivity index (χ4v) is 8.99. The summed E-state index contributed by atoms with van der Waals surface area (Å²) >= 11 is 0. The first-order valence-corrected chi connectivity index (χ1v) is 21.5. The largest absolute Gasteiger partial charge is 0.311 e. The van der Waals surface area contributed by atoms with Crippen LogP contribution in [0.4, 0.5) is 34.1 Å². The topological polar surface area (TPSA) is 11.4 Å². The molecule has 63 heavy (non-hydrogen) atoms. The number of anilines is 6. The molecule has 0 amide bonds. The summed E-state index contributed by atoms with van der Waals surface area (Å²) in [4.78, 5) is 4.65. The van der Waals surface area contributed by atoms with Gasteiger partial charge >= 0.3 is 0 Å². The van der Waals surface area contributed by atoms with Crippen molar-refractivity contribution < 1.29 is 0 Å². The molecule has 0 atom stereocenters. The van der Waals surface area contributed by atoms with E-state index in [1.165, 1.54) is 55.2 Å². The minimum atomic E-state index is 1.09. The molecule has 3 nitrogen and oxygen atoms in total. The lowest BCUT2D eigenvalue weighted by Crippen LogP contribution is -2.09. The lowest BCUT2D eigenvalue weighted by molar-refractivity contribution is 1.17. The molecule has 11 rings (SSSR count). The minimum absolute atomic E-state index is 1.09. The van der Waals surface area contributed by atoms with Crippen LogP contribution in [0.2, 0.25) is 0 Å². The maximum atomic E-state index is 2.40. The minimum Gasteiger partial charge on any atom is -0.311 e.